The maximum absolute atomic E-state index is 12.5. The second-order valence-electron chi connectivity index (χ2n) is 7.82. The van der Waals surface area contributed by atoms with E-state index in [0.29, 0.717) is 5.69 Å². The molecule has 2 heterocycles. The van der Waals surface area contributed by atoms with Crippen LogP contribution in [0.5, 0.6) is 5.75 Å². The summed E-state index contributed by atoms with van der Waals surface area (Å²) in [6.07, 6.45) is 2.03. The highest BCUT2D eigenvalue weighted by Crippen LogP contribution is 2.30. The molecule has 8 nitrogen and oxygen atoms in total. The third-order valence-corrected chi connectivity index (χ3v) is 7.40. The van der Waals surface area contributed by atoms with Crippen molar-refractivity contribution in [2.75, 3.05) is 32.0 Å². The average Bonchev–Trinajstić information content (AvgIpc) is 2.95. The van der Waals surface area contributed by atoms with Gasteiger partial charge in [0.05, 0.1) is 5.56 Å². The van der Waals surface area contributed by atoms with E-state index in [1.54, 1.807) is 36.4 Å². The maximum atomic E-state index is 12.5. The number of nitrogens with zero attached hydrogens (tertiary/aromatic N) is 2. The van der Waals surface area contributed by atoms with Crippen molar-refractivity contribution < 1.29 is 22.7 Å². The van der Waals surface area contributed by atoms with E-state index in [1.165, 1.54) is 12.1 Å². The minimum atomic E-state index is -3.90. The Labute approximate surface area is 181 Å². The van der Waals surface area contributed by atoms with Crippen LogP contribution in [-0.2, 0) is 14.8 Å². The van der Waals surface area contributed by atoms with Gasteiger partial charge in [0.25, 0.3) is 15.9 Å². The number of nitrogens with one attached hydrogen (secondary N) is 1. The van der Waals surface area contributed by atoms with Crippen LogP contribution in [0.15, 0.2) is 53.4 Å². The Kier molecular flexibility index (Phi) is 5.97. The van der Waals surface area contributed by atoms with Gasteiger partial charge in [-0.25, -0.2) is 12.7 Å². The second kappa shape index (κ2) is 8.68. The molecule has 164 valence electrons. The Morgan fingerprint density at radius 2 is 1.77 bits per heavy atom. The number of hydrogen-bond acceptors (Lipinski definition) is 6. The molecule has 2 amide bonds. The number of carbonyl (C=O) groups excluding carboxylic acids is 2. The number of sulfonamides is 1. The van der Waals surface area contributed by atoms with Gasteiger partial charge >= 0.3 is 0 Å². The minimum absolute atomic E-state index is 0.0133. The van der Waals surface area contributed by atoms with Crippen LogP contribution in [0.2, 0.25) is 0 Å². The fourth-order valence-electron chi connectivity index (χ4n) is 3.79. The van der Waals surface area contributed by atoms with Crippen LogP contribution >= 0.6 is 0 Å². The molecule has 1 fully saturated rings. The molecule has 9 heteroatoms. The quantitative estimate of drug-likeness (QED) is 0.736. The molecule has 0 bridgehead atoms. The predicted octanol–water partition coefficient (Wildman–Crippen LogP) is 2.33. The zero-order chi connectivity index (χ0) is 22.0. The van der Waals surface area contributed by atoms with Crippen LogP contribution in [0.1, 0.15) is 29.6 Å². The summed E-state index contributed by atoms with van der Waals surface area (Å²) in [7, 11) is -1.80. The molecule has 0 aliphatic carbocycles. The molecule has 2 aliphatic heterocycles. The third kappa shape index (κ3) is 4.57. The summed E-state index contributed by atoms with van der Waals surface area (Å²) in [5.74, 6) is -0.221. The first-order valence-corrected chi connectivity index (χ1v) is 11.7. The summed E-state index contributed by atoms with van der Waals surface area (Å²) in [6, 6.07) is 13.2. The number of ether oxygens (including phenoxy) is 1. The lowest BCUT2D eigenvalue weighted by Gasteiger charge is -2.29. The number of rotatable bonds is 6. The molecule has 0 unspecified atom stereocenters. The monoisotopic (exact) mass is 443 g/mol. The maximum Gasteiger partial charge on any atom is 0.269 e. The van der Waals surface area contributed by atoms with Gasteiger partial charge in [-0.1, -0.05) is 12.1 Å². The van der Waals surface area contributed by atoms with E-state index in [4.69, 9.17) is 4.74 Å². The first-order chi connectivity index (χ1) is 14.8. The fraction of sp³-hybridized carbons (Fsp3) is 0.364. The van der Waals surface area contributed by atoms with Gasteiger partial charge in [0.1, 0.15) is 16.7 Å². The van der Waals surface area contributed by atoms with Gasteiger partial charge in [-0.15, -0.1) is 0 Å². The Morgan fingerprint density at radius 3 is 2.45 bits per heavy atom. The third-order valence-electron chi connectivity index (χ3n) is 5.56. The molecule has 1 N–H and O–H groups in total. The number of fused-ring (bicyclic) bond motifs is 1. The summed E-state index contributed by atoms with van der Waals surface area (Å²) in [4.78, 5) is 27.0. The molecule has 0 saturated carbocycles. The van der Waals surface area contributed by atoms with Gasteiger partial charge in [-0.2, -0.15) is 0 Å². The van der Waals surface area contributed by atoms with Crippen molar-refractivity contribution in [2.24, 2.45) is 0 Å². The predicted molar refractivity (Wildman–Crippen MR) is 116 cm³/mol. The molecule has 2 aromatic rings. The van der Waals surface area contributed by atoms with Crippen LogP contribution in [-0.4, -0.2) is 62.2 Å². The van der Waals surface area contributed by atoms with E-state index in [1.807, 2.05) is 0 Å². The average molecular weight is 444 g/mol. The molecule has 0 aromatic heterocycles. The SMILES string of the molecule is CN1CCC(Oc2ccc(NC(=O)CCN3C(=O)c4ccccc4S3(=O)=O)cc2)CC1. The van der Waals surface area contributed by atoms with Gasteiger partial charge in [-0.05, 0) is 56.3 Å². The minimum Gasteiger partial charge on any atom is -0.490 e. The second-order valence-corrected chi connectivity index (χ2v) is 9.65. The molecule has 2 aliphatic rings. The molecule has 2 aromatic carbocycles. The highest BCUT2D eigenvalue weighted by atomic mass is 32.2. The van der Waals surface area contributed by atoms with Crippen molar-refractivity contribution in [3.63, 3.8) is 0 Å². The van der Waals surface area contributed by atoms with Crippen molar-refractivity contribution in [2.45, 2.75) is 30.3 Å². The van der Waals surface area contributed by atoms with Crippen LogP contribution < -0.4 is 10.1 Å². The normalized spacial score (nSPS) is 18.6. The molecule has 0 spiro atoms. The lowest BCUT2D eigenvalue weighted by molar-refractivity contribution is -0.116. The molecular formula is C22H25N3O5S. The molecule has 0 radical (unpaired) electrons. The summed E-state index contributed by atoms with van der Waals surface area (Å²) in [5.41, 5.74) is 0.725. The number of likely N-dealkylation sites (tertiary alicyclic amines) is 1. The van der Waals surface area contributed by atoms with E-state index in [0.717, 1.165) is 36.0 Å². The zero-order valence-electron chi connectivity index (χ0n) is 17.3. The number of carbonyl (C=O) groups is 2. The number of amides is 2. The van der Waals surface area contributed by atoms with Crippen LogP contribution in [0.3, 0.4) is 0 Å². The first-order valence-electron chi connectivity index (χ1n) is 10.3. The van der Waals surface area contributed by atoms with E-state index in [-0.39, 0.29) is 35.4 Å². The summed E-state index contributed by atoms with van der Waals surface area (Å²) < 4.78 is 31.8. The lowest BCUT2D eigenvalue weighted by atomic mass is 10.1. The van der Waals surface area contributed by atoms with Gasteiger partial charge in [-0.3, -0.25) is 9.59 Å². The Hall–Kier alpha value is -2.91. The number of piperidine rings is 1. The van der Waals surface area contributed by atoms with Gasteiger partial charge in [0, 0.05) is 31.7 Å². The summed E-state index contributed by atoms with van der Waals surface area (Å²) >= 11 is 0. The molecule has 4 rings (SSSR count). The van der Waals surface area contributed by atoms with Crippen LogP contribution in [0.25, 0.3) is 0 Å². The van der Waals surface area contributed by atoms with Crippen LogP contribution in [0.4, 0.5) is 5.69 Å². The molecule has 31 heavy (non-hydrogen) atoms. The fourth-order valence-corrected chi connectivity index (χ4v) is 5.36. The smallest absolute Gasteiger partial charge is 0.269 e. The molecular weight excluding hydrogens is 418 g/mol. The zero-order valence-corrected chi connectivity index (χ0v) is 18.1. The Bertz CT molecular complexity index is 1080. The Balaban J connectivity index is 1.30. The summed E-state index contributed by atoms with van der Waals surface area (Å²) in [5, 5.41) is 2.73. The van der Waals surface area contributed by atoms with Crippen molar-refractivity contribution in [1.82, 2.24) is 9.21 Å². The first kappa shape index (κ1) is 21.3. The van der Waals surface area contributed by atoms with Crippen molar-refractivity contribution in [3.05, 3.63) is 54.1 Å². The number of benzene rings is 2. The molecule has 1 saturated heterocycles. The van der Waals surface area contributed by atoms with Gasteiger partial charge < -0.3 is 15.0 Å². The largest absolute Gasteiger partial charge is 0.490 e. The van der Waals surface area contributed by atoms with E-state index in [2.05, 4.69) is 17.3 Å². The standard InChI is InChI=1S/C22H25N3O5S/c1-24-13-10-18(11-14-24)30-17-8-6-16(7-9-17)23-21(26)12-15-25-22(27)19-4-2-3-5-20(19)31(25,28)29/h2-9,18H,10-15H2,1H3,(H,23,26). The summed E-state index contributed by atoms with van der Waals surface area (Å²) in [6.45, 7) is 1.82. The van der Waals surface area contributed by atoms with Gasteiger partial charge in [0.15, 0.2) is 0 Å². The van der Waals surface area contributed by atoms with Crippen LogP contribution in [0, 0.1) is 0 Å². The van der Waals surface area contributed by atoms with E-state index >= 15 is 0 Å². The highest BCUT2D eigenvalue weighted by molar-refractivity contribution is 7.90. The topological polar surface area (TPSA) is 96.0 Å². The lowest BCUT2D eigenvalue weighted by Crippen LogP contribution is -2.35. The highest BCUT2D eigenvalue weighted by Gasteiger charge is 2.40. The van der Waals surface area contributed by atoms with Crippen molar-refractivity contribution in [3.8, 4) is 5.75 Å². The van der Waals surface area contributed by atoms with Crippen molar-refractivity contribution >= 4 is 27.5 Å². The Morgan fingerprint density at radius 1 is 1.10 bits per heavy atom. The number of hydrogen-bond donors (Lipinski definition) is 1. The van der Waals surface area contributed by atoms with Crippen molar-refractivity contribution in [1.29, 1.82) is 0 Å². The van der Waals surface area contributed by atoms with E-state index in [9.17, 15) is 18.0 Å². The molecule has 0 atom stereocenters. The number of anilines is 1. The van der Waals surface area contributed by atoms with E-state index < -0.39 is 15.9 Å². The van der Waals surface area contributed by atoms with Gasteiger partial charge in [0.2, 0.25) is 5.91 Å².